The highest BCUT2D eigenvalue weighted by molar-refractivity contribution is 5.88. The van der Waals surface area contributed by atoms with Crippen molar-refractivity contribution in [3.05, 3.63) is 29.8 Å². The van der Waals surface area contributed by atoms with Gasteiger partial charge in [-0.15, -0.1) is 0 Å². The number of rotatable bonds is 6. The number of carboxylic acid groups (broad SMARTS) is 1. The van der Waals surface area contributed by atoms with E-state index in [1.807, 2.05) is 0 Å². The summed E-state index contributed by atoms with van der Waals surface area (Å²) in [4.78, 5) is 22.0. The first-order valence-electron chi connectivity index (χ1n) is 6.02. The van der Waals surface area contributed by atoms with Crippen LogP contribution in [0.15, 0.2) is 24.3 Å². The Morgan fingerprint density at radius 3 is 2.44 bits per heavy atom. The monoisotopic (exact) mass is 248 g/mol. The van der Waals surface area contributed by atoms with E-state index in [1.54, 1.807) is 12.1 Å². The highest BCUT2D eigenvalue weighted by Gasteiger charge is 2.22. The summed E-state index contributed by atoms with van der Waals surface area (Å²) in [7, 11) is 0. The van der Waals surface area contributed by atoms with Crippen LogP contribution >= 0.6 is 0 Å². The molecule has 5 heteroatoms. The topological polar surface area (TPSA) is 78.4 Å². The number of hydrogen-bond acceptors (Lipinski definition) is 3. The third-order valence-electron chi connectivity index (χ3n) is 2.76. The second-order valence-electron chi connectivity index (χ2n) is 4.40. The van der Waals surface area contributed by atoms with Crippen LogP contribution < -0.4 is 10.6 Å². The molecule has 1 amide bonds. The number of anilines is 1. The van der Waals surface area contributed by atoms with Crippen LogP contribution in [0, 0.1) is 0 Å². The van der Waals surface area contributed by atoms with Gasteiger partial charge in [-0.2, -0.15) is 0 Å². The van der Waals surface area contributed by atoms with E-state index >= 15 is 0 Å². The van der Waals surface area contributed by atoms with Crippen molar-refractivity contribution in [1.29, 1.82) is 0 Å². The number of amides is 1. The lowest BCUT2D eigenvalue weighted by Crippen LogP contribution is -2.27. The van der Waals surface area contributed by atoms with E-state index in [2.05, 4.69) is 10.6 Å². The summed E-state index contributed by atoms with van der Waals surface area (Å²) in [5.74, 6) is -0.877. The SMILES string of the molecule is O=C(CCNc1ccc(C(=O)O)cc1)NC1CC1. The van der Waals surface area contributed by atoms with Crippen LogP contribution in [-0.2, 0) is 4.79 Å². The fourth-order valence-electron chi connectivity index (χ4n) is 1.58. The van der Waals surface area contributed by atoms with Crippen LogP contribution in [0.2, 0.25) is 0 Å². The van der Waals surface area contributed by atoms with Gasteiger partial charge in [-0.3, -0.25) is 4.79 Å². The molecule has 5 nitrogen and oxygen atoms in total. The van der Waals surface area contributed by atoms with Gasteiger partial charge in [0.2, 0.25) is 5.91 Å². The molecule has 0 heterocycles. The number of nitrogens with one attached hydrogen (secondary N) is 2. The molecule has 18 heavy (non-hydrogen) atoms. The van der Waals surface area contributed by atoms with Crippen molar-refractivity contribution in [2.75, 3.05) is 11.9 Å². The molecule has 0 radical (unpaired) electrons. The van der Waals surface area contributed by atoms with E-state index in [0.717, 1.165) is 18.5 Å². The lowest BCUT2D eigenvalue weighted by molar-refractivity contribution is -0.120. The molecular formula is C13H16N2O3. The van der Waals surface area contributed by atoms with Crippen molar-refractivity contribution in [2.24, 2.45) is 0 Å². The van der Waals surface area contributed by atoms with Crippen molar-refractivity contribution in [2.45, 2.75) is 25.3 Å². The first-order chi connectivity index (χ1) is 8.65. The molecule has 1 fully saturated rings. The molecule has 2 rings (SSSR count). The Labute approximate surface area is 105 Å². The van der Waals surface area contributed by atoms with Gasteiger partial charge < -0.3 is 15.7 Å². The molecule has 96 valence electrons. The molecule has 0 atom stereocenters. The highest BCUT2D eigenvalue weighted by Crippen LogP contribution is 2.18. The van der Waals surface area contributed by atoms with Gasteiger partial charge in [0.15, 0.2) is 0 Å². The zero-order valence-corrected chi connectivity index (χ0v) is 9.98. The molecule has 1 aliphatic rings. The third kappa shape index (κ3) is 3.76. The lowest BCUT2D eigenvalue weighted by atomic mass is 10.2. The fourth-order valence-corrected chi connectivity index (χ4v) is 1.58. The Hall–Kier alpha value is -2.04. The zero-order valence-electron chi connectivity index (χ0n) is 9.98. The largest absolute Gasteiger partial charge is 0.478 e. The number of carbonyl (C=O) groups excluding carboxylic acids is 1. The van der Waals surface area contributed by atoms with Gasteiger partial charge in [0.05, 0.1) is 5.56 Å². The molecular weight excluding hydrogens is 232 g/mol. The van der Waals surface area contributed by atoms with Gasteiger partial charge in [-0.05, 0) is 37.1 Å². The van der Waals surface area contributed by atoms with Crippen LogP contribution in [0.3, 0.4) is 0 Å². The van der Waals surface area contributed by atoms with Gasteiger partial charge in [0, 0.05) is 24.7 Å². The minimum absolute atomic E-state index is 0.0622. The van der Waals surface area contributed by atoms with Crippen LogP contribution in [0.25, 0.3) is 0 Å². The van der Waals surface area contributed by atoms with Gasteiger partial charge in [-0.25, -0.2) is 4.79 Å². The van der Waals surface area contributed by atoms with Crippen LogP contribution in [0.5, 0.6) is 0 Å². The molecule has 0 aliphatic heterocycles. The average molecular weight is 248 g/mol. The van der Waals surface area contributed by atoms with E-state index < -0.39 is 5.97 Å². The van der Waals surface area contributed by atoms with Crippen molar-refractivity contribution >= 4 is 17.6 Å². The molecule has 0 bridgehead atoms. The molecule has 3 N–H and O–H groups in total. The smallest absolute Gasteiger partial charge is 0.335 e. The van der Waals surface area contributed by atoms with Crippen LogP contribution in [-0.4, -0.2) is 29.6 Å². The number of carboxylic acids is 1. The normalized spacial score (nSPS) is 14.0. The average Bonchev–Trinajstić information content (AvgIpc) is 3.13. The number of benzene rings is 1. The van der Waals surface area contributed by atoms with E-state index in [9.17, 15) is 9.59 Å². The first-order valence-corrected chi connectivity index (χ1v) is 6.02. The third-order valence-corrected chi connectivity index (χ3v) is 2.76. The van der Waals surface area contributed by atoms with Gasteiger partial charge in [-0.1, -0.05) is 0 Å². The van der Waals surface area contributed by atoms with Gasteiger partial charge >= 0.3 is 5.97 Å². The Balaban J connectivity index is 1.72. The van der Waals surface area contributed by atoms with E-state index in [1.165, 1.54) is 12.1 Å². The summed E-state index contributed by atoms with van der Waals surface area (Å²) in [5.41, 5.74) is 1.08. The molecule has 0 unspecified atom stereocenters. The maximum Gasteiger partial charge on any atom is 0.335 e. The lowest BCUT2D eigenvalue weighted by Gasteiger charge is -2.07. The molecule has 1 saturated carbocycles. The number of aromatic carboxylic acids is 1. The first kappa shape index (κ1) is 12.4. The molecule has 1 aromatic rings. The fraction of sp³-hybridized carbons (Fsp3) is 0.385. The predicted molar refractivity (Wildman–Crippen MR) is 67.7 cm³/mol. The molecule has 1 aliphatic carbocycles. The second kappa shape index (κ2) is 5.53. The predicted octanol–water partition coefficient (Wildman–Crippen LogP) is 1.47. The number of carbonyl (C=O) groups is 2. The van der Waals surface area contributed by atoms with E-state index in [4.69, 9.17) is 5.11 Å². The van der Waals surface area contributed by atoms with E-state index in [0.29, 0.717) is 19.0 Å². The summed E-state index contributed by atoms with van der Waals surface area (Å²) in [5, 5.41) is 14.7. The van der Waals surface area contributed by atoms with Gasteiger partial charge in [0.25, 0.3) is 0 Å². The maximum atomic E-state index is 11.4. The Morgan fingerprint density at radius 1 is 1.22 bits per heavy atom. The van der Waals surface area contributed by atoms with Gasteiger partial charge in [0.1, 0.15) is 0 Å². The summed E-state index contributed by atoms with van der Waals surface area (Å²) in [6, 6.07) is 6.86. The molecule has 0 spiro atoms. The summed E-state index contributed by atoms with van der Waals surface area (Å²) < 4.78 is 0. The summed E-state index contributed by atoms with van der Waals surface area (Å²) in [6.45, 7) is 0.547. The van der Waals surface area contributed by atoms with Crippen molar-refractivity contribution in [3.8, 4) is 0 Å². The van der Waals surface area contributed by atoms with Crippen molar-refractivity contribution in [1.82, 2.24) is 5.32 Å². The number of hydrogen-bond donors (Lipinski definition) is 3. The Bertz CT molecular complexity index is 438. The minimum atomic E-state index is -0.939. The summed E-state index contributed by atoms with van der Waals surface area (Å²) >= 11 is 0. The summed E-state index contributed by atoms with van der Waals surface area (Å²) in [6.07, 6.45) is 2.61. The van der Waals surface area contributed by atoms with E-state index in [-0.39, 0.29) is 11.5 Å². The molecule has 1 aromatic carbocycles. The quantitative estimate of drug-likeness (QED) is 0.712. The Kier molecular flexibility index (Phi) is 3.82. The maximum absolute atomic E-state index is 11.4. The standard InChI is InChI=1S/C13H16N2O3/c16-12(15-11-5-6-11)7-8-14-10-3-1-9(2-4-10)13(17)18/h1-4,11,14H,5-8H2,(H,15,16)(H,17,18). The van der Waals surface area contributed by atoms with Crippen molar-refractivity contribution in [3.63, 3.8) is 0 Å². The molecule has 0 saturated heterocycles. The van der Waals surface area contributed by atoms with Crippen LogP contribution in [0.4, 0.5) is 5.69 Å². The highest BCUT2D eigenvalue weighted by atomic mass is 16.4. The van der Waals surface area contributed by atoms with Crippen molar-refractivity contribution < 1.29 is 14.7 Å². The van der Waals surface area contributed by atoms with Crippen LogP contribution in [0.1, 0.15) is 29.6 Å². The zero-order chi connectivity index (χ0) is 13.0. The minimum Gasteiger partial charge on any atom is -0.478 e. The Morgan fingerprint density at radius 2 is 1.89 bits per heavy atom. The molecule has 0 aromatic heterocycles. The second-order valence-corrected chi connectivity index (χ2v) is 4.40.